The van der Waals surface area contributed by atoms with E-state index < -0.39 is 27.6 Å². The predicted octanol–water partition coefficient (Wildman–Crippen LogP) is 4.34. The van der Waals surface area contributed by atoms with Crippen molar-refractivity contribution in [2.45, 2.75) is 56.9 Å². The van der Waals surface area contributed by atoms with Crippen molar-refractivity contribution in [1.82, 2.24) is 35.1 Å². The van der Waals surface area contributed by atoms with Crippen molar-refractivity contribution in [2.75, 3.05) is 72.4 Å². The van der Waals surface area contributed by atoms with E-state index in [4.69, 9.17) is 0 Å². The van der Waals surface area contributed by atoms with Crippen LogP contribution in [0.15, 0.2) is 67.1 Å². The molecule has 2 aromatic heterocycles. The predicted molar refractivity (Wildman–Crippen MR) is 213 cm³/mol. The highest BCUT2D eigenvalue weighted by Gasteiger charge is 2.36. The van der Waals surface area contributed by atoms with Gasteiger partial charge in [0.25, 0.3) is 0 Å². The number of nitrogens with one attached hydrogen (secondary N) is 3. The van der Waals surface area contributed by atoms with Gasteiger partial charge in [-0.25, -0.2) is 18.4 Å². The van der Waals surface area contributed by atoms with Crippen LogP contribution in [-0.2, 0) is 38.9 Å². The zero-order valence-electron chi connectivity index (χ0n) is 32.2. The molecule has 0 aliphatic carbocycles. The van der Waals surface area contributed by atoms with Crippen LogP contribution in [0.1, 0.15) is 54.0 Å². The van der Waals surface area contributed by atoms with Gasteiger partial charge in [-0.2, -0.15) is 18.2 Å². The van der Waals surface area contributed by atoms with Crippen molar-refractivity contribution in [1.29, 1.82) is 0 Å². The molecular formula is C39H46F3N11O4S. The second-order valence-corrected chi connectivity index (χ2v) is 16.8. The Morgan fingerprint density at radius 3 is 2.31 bits per heavy atom. The summed E-state index contributed by atoms with van der Waals surface area (Å²) in [5.41, 5.74) is 2.80. The number of benzene rings is 2. The summed E-state index contributed by atoms with van der Waals surface area (Å²) < 4.78 is 66.9. The number of piperazine rings is 1. The highest BCUT2D eigenvalue weighted by molar-refractivity contribution is 7.92. The molecule has 3 aliphatic heterocycles. The second kappa shape index (κ2) is 17.2. The summed E-state index contributed by atoms with van der Waals surface area (Å²) in [6.07, 6.45) is 2.48. The zero-order chi connectivity index (χ0) is 41.0. The number of halogens is 3. The SMILES string of the molecule is CN(c1nccnc1CNc1nc(Nc2ccc(N3CCC(N4CCN(Cc5ccccc5C5CCC(=O)NC5=O)CC4)CC3)cc2)ncc1C(F)(F)F)S(C)(=O)=O. The fraction of sp³-hybridized carbons (Fsp3) is 0.436. The first-order valence-corrected chi connectivity index (χ1v) is 21.0. The van der Waals surface area contributed by atoms with E-state index in [1.807, 2.05) is 42.5 Å². The minimum atomic E-state index is -4.76. The van der Waals surface area contributed by atoms with Crippen molar-refractivity contribution >= 4 is 50.8 Å². The quantitative estimate of drug-likeness (QED) is 0.173. The molecule has 0 spiro atoms. The number of hydrogen-bond acceptors (Lipinski definition) is 13. The van der Waals surface area contributed by atoms with Crippen LogP contribution in [0, 0.1) is 0 Å². The van der Waals surface area contributed by atoms with E-state index in [1.54, 1.807) is 0 Å². The molecule has 3 aliphatic rings. The van der Waals surface area contributed by atoms with Crippen molar-refractivity contribution < 1.29 is 31.2 Å². The van der Waals surface area contributed by atoms with Crippen LogP contribution >= 0.6 is 0 Å². The van der Waals surface area contributed by atoms with Gasteiger partial charge in [0.15, 0.2) is 5.82 Å². The van der Waals surface area contributed by atoms with Gasteiger partial charge in [-0.3, -0.25) is 34.0 Å². The van der Waals surface area contributed by atoms with Gasteiger partial charge in [0.05, 0.1) is 18.7 Å². The Hall–Kier alpha value is -5.40. The fourth-order valence-electron chi connectivity index (χ4n) is 7.77. The van der Waals surface area contributed by atoms with Crippen molar-refractivity contribution in [3.8, 4) is 0 Å². The van der Waals surface area contributed by atoms with Gasteiger partial charge in [-0.05, 0) is 54.7 Å². The molecule has 3 N–H and O–H groups in total. The number of nitrogens with zero attached hydrogens (tertiary/aromatic N) is 8. The van der Waals surface area contributed by atoms with Gasteiger partial charge in [0, 0.05) is 95.3 Å². The number of carbonyl (C=O) groups is 2. The third-order valence-electron chi connectivity index (χ3n) is 11.0. The molecule has 308 valence electrons. The Bertz CT molecular complexity index is 2210. The first kappa shape index (κ1) is 40.8. The lowest BCUT2D eigenvalue weighted by Crippen LogP contribution is -2.53. The van der Waals surface area contributed by atoms with E-state index >= 15 is 0 Å². The number of amides is 2. The van der Waals surface area contributed by atoms with Crippen molar-refractivity contribution in [3.05, 3.63) is 89.5 Å². The van der Waals surface area contributed by atoms with E-state index in [-0.39, 0.29) is 41.7 Å². The summed E-state index contributed by atoms with van der Waals surface area (Å²) in [6.45, 7) is 6.07. The maximum absolute atomic E-state index is 13.9. The molecule has 5 heterocycles. The van der Waals surface area contributed by atoms with Gasteiger partial charge in [-0.1, -0.05) is 24.3 Å². The summed E-state index contributed by atoms with van der Waals surface area (Å²) in [5.74, 6) is -1.30. The van der Waals surface area contributed by atoms with Crippen LogP contribution < -0.4 is 25.2 Å². The van der Waals surface area contributed by atoms with E-state index in [1.165, 1.54) is 19.4 Å². The summed E-state index contributed by atoms with van der Waals surface area (Å²) in [5, 5.41) is 8.13. The van der Waals surface area contributed by atoms with Crippen LogP contribution in [0.5, 0.6) is 0 Å². The van der Waals surface area contributed by atoms with Crippen molar-refractivity contribution in [3.63, 3.8) is 0 Å². The Morgan fingerprint density at radius 1 is 0.914 bits per heavy atom. The van der Waals surface area contributed by atoms with Gasteiger partial charge < -0.3 is 15.5 Å². The average Bonchev–Trinajstić information content (AvgIpc) is 3.20. The number of hydrogen-bond donors (Lipinski definition) is 3. The van der Waals surface area contributed by atoms with Gasteiger partial charge in [-0.15, -0.1) is 0 Å². The number of aromatic nitrogens is 4. The van der Waals surface area contributed by atoms with E-state index in [0.29, 0.717) is 30.8 Å². The Kier molecular flexibility index (Phi) is 12.1. The second-order valence-electron chi connectivity index (χ2n) is 14.8. The smallest absolute Gasteiger partial charge is 0.371 e. The highest BCUT2D eigenvalue weighted by Crippen LogP contribution is 2.35. The molecule has 0 bridgehead atoms. The molecule has 3 saturated heterocycles. The maximum Gasteiger partial charge on any atom is 0.421 e. The van der Waals surface area contributed by atoms with Crippen LogP contribution in [0.25, 0.3) is 0 Å². The van der Waals surface area contributed by atoms with Crippen LogP contribution in [0.4, 0.5) is 42.1 Å². The lowest BCUT2D eigenvalue weighted by Gasteiger charge is -2.43. The zero-order valence-corrected chi connectivity index (χ0v) is 33.1. The topological polar surface area (TPSA) is 169 Å². The summed E-state index contributed by atoms with van der Waals surface area (Å²) in [6, 6.07) is 16.1. The lowest BCUT2D eigenvalue weighted by molar-refractivity contribution is -0.137. The Labute approximate surface area is 335 Å². The van der Waals surface area contributed by atoms with Crippen LogP contribution in [0.3, 0.4) is 0 Å². The lowest BCUT2D eigenvalue weighted by atomic mass is 9.87. The monoisotopic (exact) mass is 821 g/mol. The normalized spacial score (nSPS) is 18.8. The minimum Gasteiger partial charge on any atom is -0.371 e. The van der Waals surface area contributed by atoms with Gasteiger partial charge >= 0.3 is 6.18 Å². The number of carbonyl (C=O) groups excluding carboxylic acids is 2. The highest BCUT2D eigenvalue weighted by atomic mass is 32.2. The number of sulfonamides is 1. The molecule has 7 rings (SSSR count). The molecule has 1 unspecified atom stereocenters. The van der Waals surface area contributed by atoms with Crippen LogP contribution in [-0.4, -0.2) is 109 Å². The Balaban J connectivity index is 0.913. The molecule has 2 amide bonds. The maximum atomic E-state index is 13.9. The summed E-state index contributed by atoms with van der Waals surface area (Å²) in [7, 11) is -2.42. The first-order valence-electron chi connectivity index (χ1n) is 19.1. The number of imide groups is 1. The molecule has 58 heavy (non-hydrogen) atoms. The molecular weight excluding hydrogens is 776 g/mol. The standard InChI is InChI=1S/C39H46F3N11O4S/c1-50(58(2,56)57)36-33(43-15-16-44-36)24-45-35-32(39(40,41)42)23-46-38(49-35)47-27-7-9-28(10-8-27)52-17-13-29(14-18-52)53-21-19-51(20-22-53)25-26-5-3-4-6-30(26)31-11-12-34(54)48-37(31)55/h3-10,15-16,23,29,31H,11-14,17-22,24-25H2,1-2H3,(H,48,54,55)(H2,45,46,47,49). The number of rotatable bonds is 12. The van der Waals surface area contributed by atoms with Gasteiger partial charge in [0.2, 0.25) is 27.8 Å². The van der Waals surface area contributed by atoms with E-state index in [9.17, 15) is 31.2 Å². The number of alkyl halides is 3. The van der Waals surface area contributed by atoms with E-state index in [0.717, 1.165) is 86.0 Å². The molecule has 15 nitrogen and oxygen atoms in total. The first-order chi connectivity index (χ1) is 27.7. The molecule has 4 aromatic rings. The molecule has 0 radical (unpaired) electrons. The summed E-state index contributed by atoms with van der Waals surface area (Å²) >= 11 is 0. The average molecular weight is 822 g/mol. The third kappa shape index (κ3) is 9.65. The summed E-state index contributed by atoms with van der Waals surface area (Å²) in [4.78, 5) is 47.9. The molecule has 2 aromatic carbocycles. The molecule has 0 saturated carbocycles. The minimum absolute atomic E-state index is 0.0233. The molecule has 19 heteroatoms. The fourth-order valence-corrected chi connectivity index (χ4v) is 8.23. The van der Waals surface area contributed by atoms with E-state index in [2.05, 4.69) is 56.7 Å². The Morgan fingerprint density at radius 2 is 1.62 bits per heavy atom. The van der Waals surface area contributed by atoms with Crippen molar-refractivity contribution in [2.24, 2.45) is 0 Å². The molecule has 1 atom stereocenters. The molecule has 3 fully saturated rings. The van der Waals surface area contributed by atoms with Crippen LogP contribution in [0.2, 0.25) is 0 Å². The largest absolute Gasteiger partial charge is 0.421 e. The number of piperidine rings is 2. The number of anilines is 5. The third-order valence-corrected chi connectivity index (χ3v) is 12.2. The van der Waals surface area contributed by atoms with Gasteiger partial charge in [0.1, 0.15) is 17.1 Å².